The lowest BCUT2D eigenvalue weighted by Crippen LogP contribution is -2.37. The third kappa shape index (κ3) is 3.79. The first kappa shape index (κ1) is 13.5. The summed E-state index contributed by atoms with van der Waals surface area (Å²) in [5.41, 5.74) is 2.23. The van der Waals surface area contributed by atoms with Gasteiger partial charge in [-0.15, -0.1) is 6.58 Å². The van der Waals surface area contributed by atoms with Crippen LogP contribution in [-0.2, 0) is 0 Å². The molecule has 1 N–H and O–H groups in total. The summed E-state index contributed by atoms with van der Waals surface area (Å²) in [6.45, 7) is 10.3. The maximum absolute atomic E-state index is 10.6. The Morgan fingerprint density at radius 2 is 2.31 bits per heavy atom. The molecule has 0 saturated heterocycles. The molecular formula is C15H26O. The fourth-order valence-corrected chi connectivity index (χ4v) is 2.40. The monoisotopic (exact) mass is 222 g/mol. The quantitative estimate of drug-likeness (QED) is 0.690. The Morgan fingerprint density at radius 1 is 1.62 bits per heavy atom. The second kappa shape index (κ2) is 5.67. The van der Waals surface area contributed by atoms with Gasteiger partial charge in [0, 0.05) is 0 Å². The Hall–Kier alpha value is -0.560. The van der Waals surface area contributed by atoms with Gasteiger partial charge in [-0.1, -0.05) is 24.1 Å². The molecule has 0 aromatic heterocycles. The third-order valence-corrected chi connectivity index (χ3v) is 3.91. The van der Waals surface area contributed by atoms with E-state index in [0.717, 1.165) is 38.5 Å². The van der Waals surface area contributed by atoms with Gasteiger partial charge in [-0.25, -0.2) is 0 Å². The van der Waals surface area contributed by atoms with Gasteiger partial charge in [0.1, 0.15) is 0 Å². The summed E-state index contributed by atoms with van der Waals surface area (Å²) in [7, 11) is 0. The predicted octanol–water partition coefficient (Wildman–Crippen LogP) is 4.23. The Kier molecular flexibility index (Phi) is 4.79. The molecule has 0 radical (unpaired) electrons. The number of hydrogen-bond acceptors (Lipinski definition) is 1. The van der Waals surface area contributed by atoms with Crippen LogP contribution in [0.2, 0.25) is 0 Å². The molecule has 0 saturated carbocycles. The molecule has 0 bridgehead atoms. The highest BCUT2D eigenvalue weighted by molar-refractivity contribution is 5.08. The maximum Gasteiger partial charge on any atom is 0.0710 e. The smallest absolute Gasteiger partial charge is 0.0710 e. The lowest BCUT2D eigenvalue weighted by Gasteiger charge is -2.36. The fraction of sp³-hybridized carbons (Fsp3) is 0.733. The van der Waals surface area contributed by atoms with E-state index in [1.165, 1.54) is 11.1 Å². The van der Waals surface area contributed by atoms with Gasteiger partial charge in [-0.3, -0.25) is 0 Å². The summed E-state index contributed by atoms with van der Waals surface area (Å²) in [4.78, 5) is 0. The van der Waals surface area contributed by atoms with Gasteiger partial charge >= 0.3 is 0 Å². The van der Waals surface area contributed by atoms with Gasteiger partial charge in [0.25, 0.3) is 0 Å². The standard InChI is InChI=1S/C15H26O/c1-12(2)6-5-7-14(4)15(16)10-8-13(3)9-11-15/h8,14,16H,1,5-7,9-11H2,2-4H3/t14-,15-/m0/s1. The molecule has 0 aliphatic heterocycles. The Bertz CT molecular complexity index is 277. The average Bonchev–Trinajstić information content (AvgIpc) is 2.22. The molecule has 16 heavy (non-hydrogen) atoms. The largest absolute Gasteiger partial charge is 0.389 e. The highest BCUT2D eigenvalue weighted by Crippen LogP contribution is 2.35. The fourth-order valence-electron chi connectivity index (χ4n) is 2.40. The summed E-state index contributed by atoms with van der Waals surface area (Å²) < 4.78 is 0. The molecule has 0 amide bonds. The Morgan fingerprint density at radius 3 is 2.81 bits per heavy atom. The highest BCUT2D eigenvalue weighted by atomic mass is 16.3. The zero-order chi connectivity index (χ0) is 12.2. The SMILES string of the molecule is C=C(C)CCC[C@H](C)[C@]1(O)CC=C(C)CC1. The van der Waals surface area contributed by atoms with E-state index in [1.54, 1.807) is 0 Å². The molecule has 0 heterocycles. The minimum absolute atomic E-state index is 0.399. The van der Waals surface area contributed by atoms with Crippen molar-refractivity contribution in [2.24, 2.45) is 5.92 Å². The number of aliphatic hydroxyl groups is 1. The van der Waals surface area contributed by atoms with Crippen LogP contribution in [0.1, 0.15) is 59.3 Å². The molecule has 0 fully saturated rings. The van der Waals surface area contributed by atoms with Gasteiger partial charge < -0.3 is 5.11 Å². The zero-order valence-electron chi connectivity index (χ0n) is 11.1. The molecule has 1 heteroatoms. The van der Waals surface area contributed by atoms with Crippen LogP contribution in [0.25, 0.3) is 0 Å². The molecule has 0 unspecified atom stereocenters. The summed E-state index contributed by atoms with van der Waals surface area (Å²) >= 11 is 0. The van der Waals surface area contributed by atoms with Crippen LogP contribution in [-0.4, -0.2) is 10.7 Å². The van der Waals surface area contributed by atoms with Gasteiger partial charge in [-0.05, 0) is 58.3 Å². The second-order valence-electron chi connectivity index (χ2n) is 5.61. The van der Waals surface area contributed by atoms with Gasteiger partial charge in [0.15, 0.2) is 0 Å². The average molecular weight is 222 g/mol. The predicted molar refractivity (Wildman–Crippen MR) is 70.4 cm³/mol. The van der Waals surface area contributed by atoms with E-state index in [2.05, 4.69) is 33.4 Å². The van der Waals surface area contributed by atoms with Gasteiger partial charge in [-0.2, -0.15) is 0 Å². The summed E-state index contributed by atoms with van der Waals surface area (Å²) in [5, 5.41) is 10.6. The van der Waals surface area contributed by atoms with Crippen molar-refractivity contribution in [1.29, 1.82) is 0 Å². The summed E-state index contributed by atoms with van der Waals surface area (Å²) in [6, 6.07) is 0. The van der Waals surface area contributed by atoms with Crippen molar-refractivity contribution in [2.75, 3.05) is 0 Å². The first-order chi connectivity index (χ1) is 7.44. The van der Waals surface area contributed by atoms with Crippen molar-refractivity contribution in [3.05, 3.63) is 23.8 Å². The normalized spacial score (nSPS) is 27.4. The van der Waals surface area contributed by atoms with E-state index in [0.29, 0.717) is 5.92 Å². The number of rotatable bonds is 5. The van der Waals surface area contributed by atoms with Crippen molar-refractivity contribution in [1.82, 2.24) is 0 Å². The van der Waals surface area contributed by atoms with Crippen molar-refractivity contribution >= 4 is 0 Å². The van der Waals surface area contributed by atoms with E-state index in [1.807, 2.05) is 0 Å². The molecule has 2 atom stereocenters. The number of hydrogen-bond donors (Lipinski definition) is 1. The first-order valence-corrected chi connectivity index (χ1v) is 6.46. The molecule has 0 spiro atoms. The Balaban J connectivity index is 2.41. The van der Waals surface area contributed by atoms with Crippen LogP contribution in [0, 0.1) is 5.92 Å². The lowest BCUT2D eigenvalue weighted by atomic mass is 9.75. The number of allylic oxidation sites excluding steroid dienone is 2. The molecule has 1 aliphatic rings. The zero-order valence-corrected chi connectivity index (χ0v) is 11.1. The Labute approximate surface area is 100 Å². The van der Waals surface area contributed by atoms with Crippen LogP contribution in [0.15, 0.2) is 23.8 Å². The van der Waals surface area contributed by atoms with Crippen molar-refractivity contribution < 1.29 is 5.11 Å². The molecule has 1 nitrogen and oxygen atoms in total. The third-order valence-electron chi connectivity index (χ3n) is 3.91. The molecule has 1 aliphatic carbocycles. The molecular weight excluding hydrogens is 196 g/mol. The van der Waals surface area contributed by atoms with Crippen molar-refractivity contribution in [3.8, 4) is 0 Å². The van der Waals surface area contributed by atoms with Crippen LogP contribution in [0.4, 0.5) is 0 Å². The minimum atomic E-state index is -0.450. The van der Waals surface area contributed by atoms with Crippen LogP contribution >= 0.6 is 0 Å². The van der Waals surface area contributed by atoms with E-state index in [4.69, 9.17) is 0 Å². The molecule has 92 valence electrons. The minimum Gasteiger partial charge on any atom is -0.389 e. The van der Waals surface area contributed by atoms with E-state index in [9.17, 15) is 5.11 Å². The lowest BCUT2D eigenvalue weighted by molar-refractivity contribution is -0.0243. The van der Waals surface area contributed by atoms with Crippen LogP contribution in [0.5, 0.6) is 0 Å². The highest BCUT2D eigenvalue weighted by Gasteiger charge is 2.33. The molecule has 1 rings (SSSR count). The van der Waals surface area contributed by atoms with Gasteiger partial charge in [0.05, 0.1) is 5.60 Å². The first-order valence-electron chi connectivity index (χ1n) is 6.46. The maximum atomic E-state index is 10.6. The second-order valence-corrected chi connectivity index (χ2v) is 5.61. The van der Waals surface area contributed by atoms with Crippen LogP contribution < -0.4 is 0 Å². The van der Waals surface area contributed by atoms with E-state index in [-0.39, 0.29) is 0 Å². The van der Waals surface area contributed by atoms with E-state index < -0.39 is 5.60 Å². The molecule has 0 aromatic carbocycles. The molecule has 0 aromatic rings. The van der Waals surface area contributed by atoms with E-state index >= 15 is 0 Å². The van der Waals surface area contributed by atoms with Crippen molar-refractivity contribution in [2.45, 2.75) is 64.9 Å². The van der Waals surface area contributed by atoms with Crippen molar-refractivity contribution in [3.63, 3.8) is 0 Å². The summed E-state index contributed by atoms with van der Waals surface area (Å²) in [5.74, 6) is 0.399. The summed E-state index contributed by atoms with van der Waals surface area (Å²) in [6.07, 6.45) is 8.39. The topological polar surface area (TPSA) is 20.2 Å². The van der Waals surface area contributed by atoms with Crippen LogP contribution in [0.3, 0.4) is 0 Å². The van der Waals surface area contributed by atoms with Gasteiger partial charge in [0.2, 0.25) is 0 Å².